The van der Waals surface area contributed by atoms with E-state index in [1.54, 1.807) is 0 Å². The molecule has 0 aliphatic heterocycles. The fourth-order valence-corrected chi connectivity index (χ4v) is 8.16. The molecule has 0 radical (unpaired) electrons. The molecule has 7 aromatic carbocycles. The number of benzene rings is 7. The fourth-order valence-electron chi connectivity index (χ4n) is 8.16. The molecule has 254 valence electrons. The highest BCUT2D eigenvalue weighted by Crippen LogP contribution is 2.44. The first-order chi connectivity index (χ1) is 26.1. The van der Waals surface area contributed by atoms with Crippen LogP contribution in [0.5, 0.6) is 0 Å². The van der Waals surface area contributed by atoms with E-state index in [2.05, 4.69) is 184 Å². The van der Waals surface area contributed by atoms with Crippen molar-refractivity contribution in [2.75, 3.05) is 0 Å². The smallest absolute Gasteiger partial charge is 0.142 e. The Bertz CT molecular complexity index is 2790. The lowest BCUT2D eigenvalue weighted by atomic mass is 9.84. The number of aryl methyl sites for hydroxylation is 1. The van der Waals surface area contributed by atoms with Gasteiger partial charge in [0, 0.05) is 22.9 Å². The molecule has 8 aromatic rings. The molecule has 53 heavy (non-hydrogen) atoms. The van der Waals surface area contributed by atoms with E-state index in [0.29, 0.717) is 0 Å². The summed E-state index contributed by atoms with van der Waals surface area (Å²) in [6.45, 7) is 8.98. The third-order valence-electron chi connectivity index (χ3n) is 10.8. The van der Waals surface area contributed by atoms with Gasteiger partial charge in [0.2, 0.25) is 0 Å². The van der Waals surface area contributed by atoms with Crippen LogP contribution in [0, 0.1) is 6.92 Å². The summed E-state index contributed by atoms with van der Waals surface area (Å²) >= 11 is 0. The lowest BCUT2D eigenvalue weighted by Gasteiger charge is -2.19. The van der Waals surface area contributed by atoms with Gasteiger partial charge in [-0.2, -0.15) is 0 Å². The molecule has 1 aliphatic rings. The van der Waals surface area contributed by atoms with Gasteiger partial charge in [0.15, 0.2) is 0 Å². The lowest BCUT2D eigenvalue weighted by molar-refractivity contribution is 0.560. The Morgan fingerprint density at radius 2 is 1.26 bits per heavy atom. The van der Waals surface area contributed by atoms with Crippen LogP contribution in [0.2, 0.25) is 0 Å². The number of furan rings is 1. The maximum atomic E-state index is 6.68. The molecular weight excluding hydrogens is 641 g/mol. The minimum Gasteiger partial charge on any atom is -0.460 e. The van der Waals surface area contributed by atoms with E-state index in [1.807, 2.05) is 0 Å². The highest BCUT2D eigenvalue weighted by atomic mass is 16.3. The number of rotatable bonds is 6. The maximum Gasteiger partial charge on any atom is 0.142 e. The third kappa shape index (κ3) is 5.76. The van der Waals surface area contributed by atoms with Crippen molar-refractivity contribution >= 4 is 54.4 Å². The van der Waals surface area contributed by atoms with Gasteiger partial charge in [0.05, 0.1) is 0 Å². The second-order valence-corrected chi connectivity index (χ2v) is 14.0. The first-order valence-electron chi connectivity index (χ1n) is 18.5. The van der Waals surface area contributed by atoms with Gasteiger partial charge in [-0.15, -0.1) is 0 Å². The van der Waals surface area contributed by atoms with Crippen molar-refractivity contribution in [3.8, 4) is 22.3 Å². The minimum atomic E-state index is 0.786. The van der Waals surface area contributed by atoms with Crippen molar-refractivity contribution in [2.24, 2.45) is 0 Å². The highest BCUT2D eigenvalue weighted by Gasteiger charge is 2.20. The van der Waals surface area contributed by atoms with Crippen LogP contribution in [0.1, 0.15) is 34.9 Å². The van der Waals surface area contributed by atoms with Crippen molar-refractivity contribution in [1.29, 1.82) is 0 Å². The number of fused-ring (bicyclic) bond motifs is 6. The zero-order valence-corrected chi connectivity index (χ0v) is 30.2. The maximum absolute atomic E-state index is 6.68. The molecular formula is C52H40O. The molecule has 0 saturated heterocycles. The lowest BCUT2D eigenvalue weighted by Crippen LogP contribution is -1.93. The monoisotopic (exact) mass is 680 g/mol. The van der Waals surface area contributed by atoms with Gasteiger partial charge in [0.25, 0.3) is 0 Å². The standard InChI is InChI=1S/C52H40O/c1-4-36(39-32-47(38-29-26-34(2)27-30-38)52-48(33-39)41-19-7-5-6-8-25-49(41)53-52)31-28-35(3)50-43-20-11-13-22-45(43)51(46-23-14-12-21-44(46)50)42-24-15-17-37-16-9-10-18-40(37)42/h4-18,20-24,26-33H,3,19,25H2,1-2H3/b7-5-,8-6-,31-28-,36-4+. The normalized spacial score (nSPS) is 14.5. The Morgan fingerprint density at radius 1 is 0.623 bits per heavy atom. The molecule has 0 spiro atoms. The molecule has 0 atom stereocenters. The molecule has 0 saturated carbocycles. The van der Waals surface area contributed by atoms with Crippen molar-refractivity contribution in [3.63, 3.8) is 0 Å². The predicted octanol–water partition coefficient (Wildman–Crippen LogP) is 14.4. The van der Waals surface area contributed by atoms with Crippen LogP contribution < -0.4 is 0 Å². The van der Waals surface area contributed by atoms with Gasteiger partial charge in [-0.3, -0.25) is 0 Å². The van der Waals surface area contributed by atoms with Crippen LogP contribution in [0.3, 0.4) is 0 Å². The zero-order valence-electron chi connectivity index (χ0n) is 30.2. The summed E-state index contributed by atoms with van der Waals surface area (Å²) in [5.74, 6) is 1.04. The Labute approximate surface area is 311 Å². The van der Waals surface area contributed by atoms with Gasteiger partial charge in [-0.1, -0.05) is 170 Å². The molecule has 1 aromatic heterocycles. The second kappa shape index (κ2) is 13.6. The molecule has 0 N–H and O–H groups in total. The molecule has 0 amide bonds. The summed E-state index contributed by atoms with van der Waals surface area (Å²) in [5.41, 5.74) is 12.7. The van der Waals surface area contributed by atoms with Crippen LogP contribution in [-0.4, -0.2) is 0 Å². The highest BCUT2D eigenvalue weighted by molar-refractivity contribution is 6.21. The van der Waals surface area contributed by atoms with Crippen molar-refractivity contribution in [2.45, 2.75) is 26.7 Å². The Morgan fingerprint density at radius 3 is 1.98 bits per heavy atom. The Balaban J connectivity index is 1.18. The van der Waals surface area contributed by atoms with E-state index in [1.165, 1.54) is 65.5 Å². The Hall–Kier alpha value is -6.44. The van der Waals surface area contributed by atoms with Gasteiger partial charge >= 0.3 is 0 Å². The van der Waals surface area contributed by atoms with Crippen LogP contribution in [0.4, 0.5) is 0 Å². The van der Waals surface area contributed by atoms with Gasteiger partial charge in [-0.05, 0) is 104 Å². The second-order valence-electron chi connectivity index (χ2n) is 14.0. The molecule has 1 aliphatic carbocycles. The van der Waals surface area contributed by atoms with E-state index in [4.69, 9.17) is 11.0 Å². The van der Waals surface area contributed by atoms with Gasteiger partial charge in [-0.25, -0.2) is 0 Å². The van der Waals surface area contributed by atoms with Crippen LogP contribution in [0.15, 0.2) is 181 Å². The molecule has 1 heterocycles. The molecule has 0 fully saturated rings. The molecule has 1 nitrogen and oxygen atoms in total. The first kappa shape index (κ1) is 32.5. The number of hydrogen-bond donors (Lipinski definition) is 0. The summed E-state index contributed by atoms with van der Waals surface area (Å²) in [6, 6.07) is 46.3. The molecule has 0 unspecified atom stereocenters. The number of hydrogen-bond acceptors (Lipinski definition) is 1. The summed E-state index contributed by atoms with van der Waals surface area (Å²) < 4.78 is 6.68. The summed E-state index contributed by atoms with van der Waals surface area (Å²) in [4.78, 5) is 0. The minimum absolute atomic E-state index is 0.786. The van der Waals surface area contributed by atoms with E-state index in [0.717, 1.165) is 52.0 Å². The van der Waals surface area contributed by atoms with Gasteiger partial charge < -0.3 is 4.42 Å². The SMILES string of the molecule is C=C(/C=C\C(=C/C)c1cc(-c2ccc(C)cc2)c2oc3c(c2c1)C/C=C\C=C/C3)c1c2ccccc2c(-c2cccc3ccccc23)c2ccccc12. The third-order valence-corrected chi connectivity index (χ3v) is 10.8. The summed E-state index contributed by atoms with van der Waals surface area (Å²) in [5, 5.41) is 8.54. The first-order valence-corrected chi connectivity index (χ1v) is 18.5. The van der Waals surface area contributed by atoms with E-state index >= 15 is 0 Å². The van der Waals surface area contributed by atoms with E-state index < -0.39 is 0 Å². The van der Waals surface area contributed by atoms with Crippen molar-refractivity contribution in [1.82, 2.24) is 0 Å². The number of allylic oxidation sites excluding steroid dienone is 9. The summed E-state index contributed by atoms with van der Waals surface area (Å²) in [7, 11) is 0. The molecule has 0 bridgehead atoms. The molecule has 1 heteroatoms. The van der Waals surface area contributed by atoms with Crippen molar-refractivity contribution < 1.29 is 4.42 Å². The predicted molar refractivity (Wildman–Crippen MR) is 228 cm³/mol. The van der Waals surface area contributed by atoms with E-state index in [9.17, 15) is 0 Å². The van der Waals surface area contributed by atoms with Crippen LogP contribution >= 0.6 is 0 Å². The zero-order chi connectivity index (χ0) is 35.9. The quantitative estimate of drug-likeness (QED) is 0.126. The van der Waals surface area contributed by atoms with Crippen LogP contribution in [-0.2, 0) is 12.8 Å². The van der Waals surface area contributed by atoms with Gasteiger partial charge in [0.1, 0.15) is 11.3 Å². The van der Waals surface area contributed by atoms with Crippen molar-refractivity contribution in [3.05, 3.63) is 205 Å². The average molecular weight is 681 g/mol. The summed E-state index contributed by atoms with van der Waals surface area (Å²) in [6.07, 6.45) is 16.9. The average Bonchev–Trinajstić information content (AvgIpc) is 3.52. The van der Waals surface area contributed by atoms with E-state index in [-0.39, 0.29) is 0 Å². The molecule has 9 rings (SSSR count). The topological polar surface area (TPSA) is 13.1 Å². The fraction of sp³-hybridized carbons (Fsp3) is 0.0769. The van der Waals surface area contributed by atoms with Crippen LogP contribution in [0.25, 0.3) is 76.7 Å². The Kier molecular flexibility index (Phi) is 8.33. The largest absolute Gasteiger partial charge is 0.460 e.